The van der Waals surface area contributed by atoms with Crippen molar-refractivity contribution in [2.75, 3.05) is 32.7 Å². The molecule has 0 amide bonds. The van der Waals surface area contributed by atoms with E-state index in [1.165, 1.54) is 5.56 Å². The van der Waals surface area contributed by atoms with Gasteiger partial charge in [0, 0.05) is 32.2 Å². The maximum absolute atomic E-state index is 10.6. The van der Waals surface area contributed by atoms with Gasteiger partial charge >= 0.3 is 0 Å². The van der Waals surface area contributed by atoms with Crippen LogP contribution in [0.1, 0.15) is 30.6 Å². The number of nitrogens with zero attached hydrogens (tertiary/aromatic N) is 2. The first-order chi connectivity index (χ1) is 9.29. The van der Waals surface area contributed by atoms with Gasteiger partial charge in [-0.15, -0.1) is 0 Å². The third kappa shape index (κ3) is 2.55. The molecule has 3 rings (SSSR count). The lowest BCUT2D eigenvalue weighted by Gasteiger charge is -2.43. The van der Waals surface area contributed by atoms with Crippen molar-refractivity contribution in [3.8, 4) is 0 Å². The van der Waals surface area contributed by atoms with Crippen LogP contribution in [0.3, 0.4) is 0 Å². The van der Waals surface area contributed by atoms with Gasteiger partial charge in [0.05, 0.1) is 6.10 Å². The predicted molar refractivity (Wildman–Crippen MR) is 77.2 cm³/mol. The van der Waals surface area contributed by atoms with Gasteiger partial charge in [-0.3, -0.25) is 4.90 Å². The number of piperazine rings is 1. The van der Waals surface area contributed by atoms with Gasteiger partial charge in [-0.1, -0.05) is 31.2 Å². The molecule has 3 heteroatoms. The molecule has 0 spiro atoms. The maximum atomic E-state index is 10.6. The second-order valence-electron chi connectivity index (χ2n) is 5.72. The van der Waals surface area contributed by atoms with E-state index in [-0.39, 0.29) is 6.10 Å². The van der Waals surface area contributed by atoms with Gasteiger partial charge in [0.1, 0.15) is 0 Å². The summed E-state index contributed by atoms with van der Waals surface area (Å²) in [6, 6.07) is 8.68. The third-order valence-corrected chi connectivity index (χ3v) is 4.77. The Balaban J connectivity index is 1.71. The molecule has 1 heterocycles. The van der Waals surface area contributed by atoms with Crippen LogP contribution in [0.2, 0.25) is 0 Å². The fourth-order valence-corrected chi connectivity index (χ4v) is 3.51. The maximum Gasteiger partial charge on any atom is 0.0947 e. The highest BCUT2D eigenvalue weighted by molar-refractivity contribution is 5.32. The lowest BCUT2D eigenvalue weighted by atomic mass is 9.85. The van der Waals surface area contributed by atoms with Crippen LogP contribution in [-0.4, -0.2) is 53.7 Å². The molecule has 19 heavy (non-hydrogen) atoms. The van der Waals surface area contributed by atoms with Gasteiger partial charge in [0.15, 0.2) is 0 Å². The highest BCUT2D eigenvalue weighted by Gasteiger charge is 2.33. The average molecular weight is 260 g/mol. The number of fused-ring (bicyclic) bond motifs is 1. The molecular weight excluding hydrogens is 236 g/mol. The van der Waals surface area contributed by atoms with Crippen molar-refractivity contribution in [1.29, 1.82) is 0 Å². The molecule has 0 saturated carbocycles. The summed E-state index contributed by atoms with van der Waals surface area (Å²) in [6.45, 7) is 7.84. The fourth-order valence-electron chi connectivity index (χ4n) is 3.51. The number of likely N-dealkylation sites (N-methyl/N-ethyl adjacent to an activating group) is 1. The molecule has 2 aliphatic rings. The van der Waals surface area contributed by atoms with E-state index in [1.54, 1.807) is 0 Å². The van der Waals surface area contributed by atoms with Crippen LogP contribution in [0.25, 0.3) is 0 Å². The highest BCUT2D eigenvalue weighted by Crippen LogP contribution is 2.33. The van der Waals surface area contributed by atoms with Gasteiger partial charge in [0.25, 0.3) is 0 Å². The Morgan fingerprint density at radius 1 is 1.16 bits per heavy atom. The van der Waals surface area contributed by atoms with Crippen LogP contribution in [0.4, 0.5) is 0 Å². The van der Waals surface area contributed by atoms with Crippen molar-refractivity contribution in [3.05, 3.63) is 35.4 Å². The first kappa shape index (κ1) is 13.1. The molecule has 104 valence electrons. The van der Waals surface area contributed by atoms with Crippen LogP contribution in [0.5, 0.6) is 0 Å². The molecule has 2 unspecified atom stereocenters. The minimum Gasteiger partial charge on any atom is -0.387 e. The van der Waals surface area contributed by atoms with Crippen LogP contribution in [0, 0.1) is 0 Å². The number of hydrogen-bond donors (Lipinski definition) is 1. The van der Waals surface area contributed by atoms with Crippen LogP contribution in [-0.2, 0) is 6.42 Å². The van der Waals surface area contributed by atoms with E-state index in [1.807, 2.05) is 6.07 Å². The Morgan fingerprint density at radius 2 is 1.89 bits per heavy atom. The standard InChI is InChI=1S/C16H24N2O/c1-2-17-9-11-18(12-10-17)15-8-7-13-5-3-4-6-14(13)16(15)19/h3-6,15-16,19H,2,7-12H2,1H3. The topological polar surface area (TPSA) is 26.7 Å². The molecule has 1 aliphatic carbocycles. The minimum atomic E-state index is -0.307. The van der Waals surface area contributed by atoms with E-state index < -0.39 is 0 Å². The van der Waals surface area contributed by atoms with Crippen molar-refractivity contribution in [1.82, 2.24) is 9.80 Å². The number of rotatable bonds is 2. The fraction of sp³-hybridized carbons (Fsp3) is 0.625. The van der Waals surface area contributed by atoms with E-state index in [2.05, 4.69) is 34.9 Å². The molecule has 1 aromatic carbocycles. The van der Waals surface area contributed by atoms with Crippen LogP contribution >= 0.6 is 0 Å². The van der Waals surface area contributed by atoms with E-state index in [4.69, 9.17) is 0 Å². The van der Waals surface area contributed by atoms with Crippen molar-refractivity contribution in [2.45, 2.75) is 31.9 Å². The molecule has 1 aliphatic heterocycles. The second kappa shape index (κ2) is 5.61. The predicted octanol–water partition coefficient (Wildman–Crippen LogP) is 1.67. The monoisotopic (exact) mass is 260 g/mol. The normalized spacial score (nSPS) is 29.2. The average Bonchev–Trinajstić information content (AvgIpc) is 2.48. The van der Waals surface area contributed by atoms with Gasteiger partial charge in [-0.05, 0) is 30.5 Å². The van der Waals surface area contributed by atoms with Gasteiger partial charge in [-0.2, -0.15) is 0 Å². The smallest absolute Gasteiger partial charge is 0.0947 e. The van der Waals surface area contributed by atoms with E-state index >= 15 is 0 Å². The zero-order valence-corrected chi connectivity index (χ0v) is 11.8. The quantitative estimate of drug-likeness (QED) is 0.876. The molecule has 3 nitrogen and oxygen atoms in total. The van der Waals surface area contributed by atoms with Crippen molar-refractivity contribution >= 4 is 0 Å². The summed E-state index contributed by atoms with van der Waals surface area (Å²) in [5, 5.41) is 10.6. The summed E-state index contributed by atoms with van der Waals surface area (Å²) in [4.78, 5) is 4.98. The Morgan fingerprint density at radius 3 is 2.63 bits per heavy atom. The van der Waals surface area contributed by atoms with Crippen molar-refractivity contribution in [2.24, 2.45) is 0 Å². The zero-order chi connectivity index (χ0) is 13.2. The number of aryl methyl sites for hydroxylation is 1. The van der Waals surface area contributed by atoms with Gasteiger partial charge in [0.2, 0.25) is 0 Å². The van der Waals surface area contributed by atoms with Crippen LogP contribution in [0.15, 0.2) is 24.3 Å². The Bertz CT molecular complexity index is 427. The summed E-state index contributed by atoms with van der Waals surface area (Å²) < 4.78 is 0. The third-order valence-electron chi connectivity index (χ3n) is 4.77. The van der Waals surface area contributed by atoms with Crippen LogP contribution < -0.4 is 0 Å². The first-order valence-electron chi connectivity index (χ1n) is 7.52. The number of aliphatic hydroxyl groups excluding tert-OH is 1. The van der Waals surface area contributed by atoms with Crippen molar-refractivity contribution in [3.63, 3.8) is 0 Å². The van der Waals surface area contributed by atoms with Gasteiger partial charge < -0.3 is 10.0 Å². The van der Waals surface area contributed by atoms with Crippen molar-refractivity contribution < 1.29 is 5.11 Å². The van der Waals surface area contributed by atoms with E-state index in [0.29, 0.717) is 6.04 Å². The summed E-state index contributed by atoms with van der Waals surface area (Å²) in [6.07, 6.45) is 1.88. The Hall–Kier alpha value is -0.900. The number of aliphatic hydroxyl groups is 1. The number of hydrogen-bond acceptors (Lipinski definition) is 3. The summed E-state index contributed by atoms with van der Waals surface area (Å²) in [5.74, 6) is 0. The molecule has 1 fully saturated rings. The van der Waals surface area contributed by atoms with E-state index in [0.717, 1.165) is 51.1 Å². The lowest BCUT2D eigenvalue weighted by Crippen LogP contribution is -2.52. The lowest BCUT2D eigenvalue weighted by molar-refractivity contribution is 0.00938. The molecule has 1 saturated heterocycles. The first-order valence-corrected chi connectivity index (χ1v) is 7.52. The summed E-state index contributed by atoms with van der Waals surface area (Å²) in [5.41, 5.74) is 2.48. The zero-order valence-electron chi connectivity index (χ0n) is 11.8. The highest BCUT2D eigenvalue weighted by atomic mass is 16.3. The number of benzene rings is 1. The molecule has 0 bridgehead atoms. The summed E-state index contributed by atoms with van der Waals surface area (Å²) >= 11 is 0. The van der Waals surface area contributed by atoms with E-state index in [9.17, 15) is 5.11 Å². The molecule has 0 aromatic heterocycles. The Labute approximate surface area is 115 Å². The summed E-state index contributed by atoms with van der Waals surface area (Å²) in [7, 11) is 0. The molecule has 2 atom stereocenters. The van der Waals surface area contributed by atoms with Gasteiger partial charge in [-0.25, -0.2) is 0 Å². The molecule has 1 N–H and O–H groups in total. The minimum absolute atomic E-state index is 0.307. The SMILES string of the molecule is CCN1CCN(C2CCc3ccccc3C2O)CC1. The molecule has 1 aromatic rings. The second-order valence-corrected chi connectivity index (χ2v) is 5.72. The molecular formula is C16H24N2O. The molecule has 0 radical (unpaired) electrons. The Kier molecular flexibility index (Phi) is 3.87. The largest absolute Gasteiger partial charge is 0.387 e.